The average Bonchev–Trinajstić information content (AvgIpc) is 2.75. The van der Waals surface area contributed by atoms with Gasteiger partial charge in [-0.25, -0.2) is 9.59 Å². The maximum atomic E-state index is 12.3. The van der Waals surface area contributed by atoms with Crippen molar-refractivity contribution in [2.45, 2.75) is 13.0 Å². The summed E-state index contributed by atoms with van der Waals surface area (Å²) in [7, 11) is 0. The number of aliphatic hydroxyl groups excluding tert-OH is 1. The van der Waals surface area contributed by atoms with Crippen LogP contribution in [0.25, 0.3) is 0 Å². The Balaban J connectivity index is 2.15. The zero-order chi connectivity index (χ0) is 21.9. The molecule has 8 heteroatoms. The van der Waals surface area contributed by atoms with Crippen molar-refractivity contribution in [3.63, 3.8) is 0 Å². The lowest BCUT2D eigenvalue weighted by Crippen LogP contribution is -2.33. The van der Waals surface area contributed by atoms with Crippen LogP contribution in [0.5, 0.6) is 5.75 Å². The van der Waals surface area contributed by atoms with Crippen molar-refractivity contribution < 1.29 is 34.1 Å². The number of carboxylic acid groups (broad SMARTS) is 1. The van der Waals surface area contributed by atoms with E-state index in [1.807, 2.05) is 0 Å². The summed E-state index contributed by atoms with van der Waals surface area (Å²) in [6, 6.07) is 14.8. The minimum Gasteiger partial charge on any atom is -0.491 e. The van der Waals surface area contributed by atoms with E-state index < -0.39 is 30.0 Å². The van der Waals surface area contributed by atoms with E-state index in [4.69, 9.17) is 19.7 Å². The molecule has 0 saturated carbocycles. The molecule has 3 N–H and O–H groups in total. The molecule has 0 aliphatic carbocycles. The average molecular weight is 413 g/mol. The van der Waals surface area contributed by atoms with Crippen LogP contribution in [-0.4, -0.2) is 41.4 Å². The first kappa shape index (κ1) is 22.6. The van der Waals surface area contributed by atoms with E-state index in [0.717, 1.165) is 6.08 Å². The van der Waals surface area contributed by atoms with Gasteiger partial charge in [-0.2, -0.15) is 0 Å². The van der Waals surface area contributed by atoms with Gasteiger partial charge in [0.1, 0.15) is 18.5 Å². The Kier molecular flexibility index (Phi) is 8.58. The first-order valence-corrected chi connectivity index (χ1v) is 9.22. The van der Waals surface area contributed by atoms with Gasteiger partial charge in [-0.15, -0.1) is 0 Å². The predicted octanol–water partition coefficient (Wildman–Crippen LogP) is 2.94. The second kappa shape index (κ2) is 11.4. The van der Waals surface area contributed by atoms with E-state index in [-0.39, 0.29) is 13.2 Å². The molecule has 2 atom stereocenters. The van der Waals surface area contributed by atoms with E-state index in [1.54, 1.807) is 61.5 Å². The standard InChI is InChI=1S/C22H23NO7/c1-15(7-12-19(25)26)20(16-8-10-18(11-9-16)29-14-13-24)30-22(28)23-21(27)17-5-3-2-4-6-17/h2-12,15,20,24H,13-14H2,1H3,(H,25,26)(H,23,27,28)/b12-7+/t15-,20+/m0/s1. The minimum atomic E-state index is -1.13. The first-order chi connectivity index (χ1) is 14.4. The van der Waals surface area contributed by atoms with Crippen molar-refractivity contribution in [1.29, 1.82) is 0 Å². The van der Waals surface area contributed by atoms with Crippen LogP contribution < -0.4 is 10.1 Å². The Bertz CT molecular complexity index is 878. The third-order valence-electron chi connectivity index (χ3n) is 4.07. The number of carbonyl (C=O) groups excluding carboxylic acids is 2. The zero-order valence-electron chi connectivity index (χ0n) is 16.4. The Morgan fingerprint density at radius 2 is 1.73 bits per heavy atom. The number of aliphatic carboxylic acids is 1. The van der Waals surface area contributed by atoms with Crippen molar-refractivity contribution in [3.05, 3.63) is 77.9 Å². The Hall–Kier alpha value is -3.65. The molecule has 2 rings (SSSR count). The third-order valence-corrected chi connectivity index (χ3v) is 4.07. The van der Waals surface area contributed by atoms with E-state index >= 15 is 0 Å². The zero-order valence-corrected chi connectivity index (χ0v) is 16.4. The van der Waals surface area contributed by atoms with Crippen molar-refractivity contribution in [1.82, 2.24) is 5.32 Å². The van der Waals surface area contributed by atoms with Gasteiger partial charge in [-0.1, -0.05) is 43.3 Å². The quantitative estimate of drug-likeness (QED) is 0.540. The van der Waals surface area contributed by atoms with Crippen molar-refractivity contribution in [3.8, 4) is 5.75 Å². The first-order valence-electron chi connectivity index (χ1n) is 9.22. The number of carbonyl (C=O) groups is 3. The number of hydrogen-bond donors (Lipinski definition) is 3. The molecule has 0 bridgehead atoms. The SMILES string of the molecule is C[C@@H](/C=C/C(=O)O)[C@@H](OC(=O)NC(=O)c1ccccc1)c1ccc(OCCO)cc1. The van der Waals surface area contributed by atoms with E-state index in [1.165, 1.54) is 6.08 Å². The molecule has 0 aliphatic heterocycles. The number of amides is 2. The van der Waals surface area contributed by atoms with Crippen LogP contribution in [0.15, 0.2) is 66.7 Å². The number of imide groups is 1. The summed E-state index contributed by atoms with van der Waals surface area (Å²) in [4.78, 5) is 35.3. The van der Waals surface area contributed by atoms with Crippen molar-refractivity contribution in [2.75, 3.05) is 13.2 Å². The fourth-order valence-electron chi connectivity index (χ4n) is 2.63. The molecule has 158 valence electrons. The lowest BCUT2D eigenvalue weighted by molar-refractivity contribution is -0.131. The Morgan fingerprint density at radius 3 is 2.33 bits per heavy atom. The number of aliphatic hydroxyl groups is 1. The number of benzene rings is 2. The smallest absolute Gasteiger partial charge is 0.414 e. The Labute approximate surface area is 173 Å². The fraction of sp³-hybridized carbons (Fsp3) is 0.227. The molecule has 0 spiro atoms. The maximum absolute atomic E-state index is 12.3. The minimum absolute atomic E-state index is 0.125. The van der Waals surface area contributed by atoms with Gasteiger partial charge in [0.15, 0.2) is 0 Å². The molecule has 30 heavy (non-hydrogen) atoms. The molecule has 0 heterocycles. The van der Waals surface area contributed by atoms with Crippen LogP contribution >= 0.6 is 0 Å². The molecular weight excluding hydrogens is 390 g/mol. The van der Waals surface area contributed by atoms with E-state index in [9.17, 15) is 14.4 Å². The highest BCUT2D eigenvalue weighted by molar-refractivity contribution is 6.02. The summed E-state index contributed by atoms with van der Waals surface area (Å²) in [5, 5.41) is 19.9. The summed E-state index contributed by atoms with van der Waals surface area (Å²) >= 11 is 0. The predicted molar refractivity (Wildman–Crippen MR) is 108 cm³/mol. The van der Waals surface area contributed by atoms with Gasteiger partial charge in [0.25, 0.3) is 5.91 Å². The van der Waals surface area contributed by atoms with Gasteiger partial charge in [-0.05, 0) is 29.8 Å². The molecule has 0 radical (unpaired) electrons. The summed E-state index contributed by atoms with van der Waals surface area (Å²) in [6.45, 7) is 1.70. The van der Waals surface area contributed by atoms with E-state index in [2.05, 4.69) is 5.32 Å². The topological polar surface area (TPSA) is 122 Å². The molecule has 0 unspecified atom stereocenters. The summed E-state index contributed by atoms with van der Waals surface area (Å²) in [5.74, 6) is -1.72. The van der Waals surface area contributed by atoms with Crippen LogP contribution in [-0.2, 0) is 9.53 Å². The summed E-state index contributed by atoms with van der Waals surface area (Å²) in [5.41, 5.74) is 0.881. The second-order valence-electron chi connectivity index (χ2n) is 6.34. The van der Waals surface area contributed by atoms with Crippen LogP contribution in [0.4, 0.5) is 4.79 Å². The van der Waals surface area contributed by atoms with Gasteiger partial charge < -0.3 is 19.7 Å². The highest BCUT2D eigenvalue weighted by Crippen LogP contribution is 2.29. The van der Waals surface area contributed by atoms with Gasteiger partial charge in [0, 0.05) is 17.6 Å². The Morgan fingerprint density at radius 1 is 1.07 bits per heavy atom. The number of nitrogens with one attached hydrogen (secondary N) is 1. The number of ether oxygens (including phenoxy) is 2. The highest BCUT2D eigenvalue weighted by atomic mass is 16.6. The molecule has 0 fully saturated rings. The molecule has 0 aromatic heterocycles. The van der Waals surface area contributed by atoms with Gasteiger partial charge >= 0.3 is 12.1 Å². The molecule has 0 saturated heterocycles. The fourth-order valence-corrected chi connectivity index (χ4v) is 2.63. The largest absolute Gasteiger partial charge is 0.491 e. The van der Waals surface area contributed by atoms with Crippen LogP contribution in [0.1, 0.15) is 28.9 Å². The molecule has 2 aromatic carbocycles. The summed E-state index contributed by atoms with van der Waals surface area (Å²) in [6.07, 6.45) is 0.559. The van der Waals surface area contributed by atoms with Crippen molar-refractivity contribution >= 4 is 18.0 Å². The van der Waals surface area contributed by atoms with Gasteiger partial charge in [0.05, 0.1) is 6.61 Å². The lowest BCUT2D eigenvalue weighted by Gasteiger charge is -2.22. The summed E-state index contributed by atoms with van der Waals surface area (Å²) < 4.78 is 10.8. The molecular formula is C22H23NO7. The monoisotopic (exact) mass is 413 g/mol. The van der Waals surface area contributed by atoms with Crippen LogP contribution in [0.2, 0.25) is 0 Å². The van der Waals surface area contributed by atoms with Gasteiger partial charge in [0.2, 0.25) is 0 Å². The highest BCUT2D eigenvalue weighted by Gasteiger charge is 2.23. The van der Waals surface area contributed by atoms with Gasteiger partial charge in [-0.3, -0.25) is 10.1 Å². The number of rotatable bonds is 9. The second-order valence-corrected chi connectivity index (χ2v) is 6.34. The van der Waals surface area contributed by atoms with E-state index in [0.29, 0.717) is 16.9 Å². The number of carboxylic acids is 1. The maximum Gasteiger partial charge on any atom is 0.414 e. The molecule has 8 nitrogen and oxygen atoms in total. The molecule has 0 aliphatic rings. The normalized spacial score (nSPS) is 12.7. The number of alkyl carbamates (subject to hydrolysis) is 1. The molecule has 2 amide bonds. The van der Waals surface area contributed by atoms with Crippen molar-refractivity contribution in [2.24, 2.45) is 5.92 Å². The third kappa shape index (κ3) is 7.06. The van der Waals surface area contributed by atoms with Crippen LogP contribution in [0.3, 0.4) is 0 Å². The van der Waals surface area contributed by atoms with Crippen LogP contribution in [0, 0.1) is 5.92 Å². The lowest BCUT2D eigenvalue weighted by atomic mass is 9.96. The molecule has 2 aromatic rings. The number of hydrogen-bond acceptors (Lipinski definition) is 6.